The molecule has 98 valence electrons. The Morgan fingerprint density at radius 1 is 1.29 bits per heavy atom. The van der Waals surface area contributed by atoms with Crippen LogP contribution in [-0.2, 0) is 4.79 Å². The Morgan fingerprint density at radius 3 is 2.59 bits per heavy atom. The molecule has 2 fully saturated rings. The van der Waals surface area contributed by atoms with E-state index in [9.17, 15) is 4.79 Å². The van der Waals surface area contributed by atoms with Crippen LogP contribution in [0.1, 0.15) is 19.8 Å². The SMILES string of the molecule is CN1CCN(NC(=O)C2(C)CCCNC2)CC1. The molecule has 0 aromatic carbocycles. The van der Waals surface area contributed by atoms with Crippen molar-refractivity contribution in [1.29, 1.82) is 0 Å². The zero-order valence-electron chi connectivity index (χ0n) is 11.0. The van der Waals surface area contributed by atoms with Crippen LogP contribution < -0.4 is 10.7 Å². The van der Waals surface area contributed by atoms with E-state index in [0.29, 0.717) is 0 Å². The molecule has 5 heteroatoms. The van der Waals surface area contributed by atoms with Gasteiger partial charge in [-0.25, -0.2) is 5.01 Å². The van der Waals surface area contributed by atoms with Crippen molar-refractivity contribution in [2.75, 3.05) is 46.3 Å². The number of likely N-dealkylation sites (N-methyl/N-ethyl adjacent to an activating group) is 1. The van der Waals surface area contributed by atoms with Gasteiger partial charge in [-0.05, 0) is 33.4 Å². The molecule has 2 heterocycles. The zero-order valence-corrected chi connectivity index (χ0v) is 11.0. The molecule has 0 aromatic heterocycles. The van der Waals surface area contributed by atoms with Gasteiger partial charge in [0.15, 0.2) is 0 Å². The molecule has 2 N–H and O–H groups in total. The van der Waals surface area contributed by atoms with E-state index < -0.39 is 0 Å². The summed E-state index contributed by atoms with van der Waals surface area (Å²) in [6.07, 6.45) is 2.08. The summed E-state index contributed by atoms with van der Waals surface area (Å²) < 4.78 is 0. The number of amides is 1. The average molecular weight is 240 g/mol. The zero-order chi connectivity index (χ0) is 12.3. The lowest BCUT2D eigenvalue weighted by molar-refractivity contribution is -0.137. The highest BCUT2D eigenvalue weighted by Crippen LogP contribution is 2.25. The van der Waals surface area contributed by atoms with Crippen LogP contribution in [0.15, 0.2) is 0 Å². The van der Waals surface area contributed by atoms with Gasteiger partial charge >= 0.3 is 0 Å². The third-order valence-corrected chi connectivity index (χ3v) is 3.91. The second-order valence-corrected chi connectivity index (χ2v) is 5.57. The van der Waals surface area contributed by atoms with E-state index in [4.69, 9.17) is 0 Å². The highest BCUT2D eigenvalue weighted by Gasteiger charge is 2.35. The third-order valence-electron chi connectivity index (χ3n) is 3.91. The number of piperazine rings is 1. The quantitative estimate of drug-likeness (QED) is 0.693. The molecule has 5 nitrogen and oxygen atoms in total. The minimum Gasteiger partial charge on any atom is -0.316 e. The molecule has 2 rings (SSSR count). The second kappa shape index (κ2) is 5.33. The molecule has 0 bridgehead atoms. The fourth-order valence-corrected chi connectivity index (χ4v) is 2.45. The Morgan fingerprint density at radius 2 is 2.00 bits per heavy atom. The second-order valence-electron chi connectivity index (χ2n) is 5.57. The normalized spacial score (nSPS) is 32.4. The van der Waals surface area contributed by atoms with Crippen LogP contribution in [0.25, 0.3) is 0 Å². The summed E-state index contributed by atoms with van der Waals surface area (Å²) in [6, 6.07) is 0. The third kappa shape index (κ3) is 3.18. The van der Waals surface area contributed by atoms with E-state index in [-0.39, 0.29) is 11.3 Å². The Kier molecular flexibility index (Phi) is 4.01. The van der Waals surface area contributed by atoms with Gasteiger partial charge in [-0.15, -0.1) is 0 Å². The molecule has 0 radical (unpaired) electrons. The summed E-state index contributed by atoms with van der Waals surface area (Å²) in [5, 5.41) is 5.37. The maximum atomic E-state index is 12.3. The van der Waals surface area contributed by atoms with Crippen molar-refractivity contribution >= 4 is 5.91 Å². The lowest BCUT2D eigenvalue weighted by Crippen LogP contribution is -2.57. The van der Waals surface area contributed by atoms with E-state index in [0.717, 1.165) is 52.1 Å². The lowest BCUT2D eigenvalue weighted by atomic mass is 9.82. The predicted octanol–water partition coefficient (Wildman–Crippen LogP) is -0.345. The van der Waals surface area contributed by atoms with E-state index in [1.54, 1.807) is 0 Å². The fourth-order valence-electron chi connectivity index (χ4n) is 2.45. The molecular weight excluding hydrogens is 216 g/mol. The topological polar surface area (TPSA) is 47.6 Å². The van der Waals surface area contributed by atoms with Crippen LogP contribution in [-0.4, -0.2) is 62.1 Å². The van der Waals surface area contributed by atoms with E-state index in [2.05, 4.69) is 34.6 Å². The maximum Gasteiger partial charge on any atom is 0.241 e. The maximum absolute atomic E-state index is 12.3. The van der Waals surface area contributed by atoms with Crippen LogP contribution in [0.2, 0.25) is 0 Å². The smallest absolute Gasteiger partial charge is 0.241 e. The van der Waals surface area contributed by atoms with Crippen molar-refractivity contribution in [3.05, 3.63) is 0 Å². The molecule has 17 heavy (non-hydrogen) atoms. The highest BCUT2D eigenvalue weighted by molar-refractivity contribution is 5.82. The first-order valence-electron chi connectivity index (χ1n) is 6.55. The number of nitrogens with one attached hydrogen (secondary N) is 2. The van der Waals surface area contributed by atoms with Crippen molar-refractivity contribution < 1.29 is 4.79 Å². The molecule has 0 saturated carbocycles. The molecule has 2 aliphatic rings. The summed E-state index contributed by atoms with van der Waals surface area (Å²) in [7, 11) is 2.12. The van der Waals surface area contributed by atoms with Crippen molar-refractivity contribution in [1.82, 2.24) is 20.7 Å². The standard InChI is InChI=1S/C12H24N4O/c1-12(4-3-5-13-10-12)11(17)14-16-8-6-15(2)7-9-16/h13H,3-10H2,1-2H3,(H,14,17). The Balaban J connectivity index is 1.83. The van der Waals surface area contributed by atoms with Gasteiger partial charge in [0.2, 0.25) is 5.91 Å². The van der Waals surface area contributed by atoms with Crippen molar-refractivity contribution in [3.63, 3.8) is 0 Å². The fraction of sp³-hybridized carbons (Fsp3) is 0.917. The van der Waals surface area contributed by atoms with E-state index in [1.165, 1.54) is 0 Å². The van der Waals surface area contributed by atoms with E-state index >= 15 is 0 Å². The van der Waals surface area contributed by atoms with Crippen molar-refractivity contribution in [2.24, 2.45) is 5.41 Å². The number of hydrazine groups is 1. The largest absolute Gasteiger partial charge is 0.316 e. The number of piperidine rings is 1. The molecule has 0 spiro atoms. The van der Waals surface area contributed by atoms with Gasteiger partial charge in [0.05, 0.1) is 5.41 Å². The van der Waals surface area contributed by atoms with Gasteiger partial charge in [-0.3, -0.25) is 10.2 Å². The molecule has 0 aliphatic carbocycles. The molecule has 0 aromatic rings. The van der Waals surface area contributed by atoms with Gasteiger partial charge in [0.1, 0.15) is 0 Å². The van der Waals surface area contributed by atoms with Crippen LogP contribution in [0.5, 0.6) is 0 Å². The number of carbonyl (C=O) groups excluding carboxylic acids is 1. The van der Waals surface area contributed by atoms with Crippen LogP contribution >= 0.6 is 0 Å². The molecule has 1 amide bonds. The molecule has 2 aliphatic heterocycles. The first-order chi connectivity index (χ1) is 8.10. The number of nitrogens with zero attached hydrogens (tertiary/aromatic N) is 2. The summed E-state index contributed by atoms with van der Waals surface area (Å²) in [4.78, 5) is 14.5. The number of hydrogen-bond acceptors (Lipinski definition) is 4. The van der Waals surface area contributed by atoms with Gasteiger partial charge < -0.3 is 10.2 Å². The summed E-state index contributed by atoms with van der Waals surface area (Å²) in [5.74, 6) is 0.175. The van der Waals surface area contributed by atoms with Gasteiger partial charge in [-0.1, -0.05) is 0 Å². The van der Waals surface area contributed by atoms with Crippen LogP contribution in [0.3, 0.4) is 0 Å². The number of hydrogen-bond donors (Lipinski definition) is 2. The van der Waals surface area contributed by atoms with Gasteiger partial charge in [-0.2, -0.15) is 0 Å². The average Bonchev–Trinajstić information content (AvgIpc) is 2.33. The summed E-state index contributed by atoms with van der Waals surface area (Å²) >= 11 is 0. The molecule has 2 saturated heterocycles. The number of carbonyl (C=O) groups is 1. The van der Waals surface area contributed by atoms with E-state index in [1.807, 2.05) is 0 Å². The summed E-state index contributed by atoms with van der Waals surface area (Å²) in [6.45, 7) is 7.79. The van der Waals surface area contributed by atoms with Crippen molar-refractivity contribution in [2.45, 2.75) is 19.8 Å². The summed E-state index contributed by atoms with van der Waals surface area (Å²) in [5.41, 5.74) is 2.84. The van der Waals surface area contributed by atoms with Crippen LogP contribution in [0.4, 0.5) is 0 Å². The minimum absolute atomic E-state index is 0.175. The molecular formula is C12H24N4O. The Bertz CT molecular complexity index is 268. The monoisotopic (exact) mass is 240 g/mol. The first kappa shape index (κ1) is 12.8. The van der Waals surface area contributed by atoms with Crippen LogP contribution in [0, 0.1) is 5.41 Å². The highest BCUT2D eigenvalue weighted by atomic mass is 16.2. The molecule has 1 atom stereocenters. The first-order valence-corrected chi connectivity index (χ1v) is 6.55. The van der Waals surface area contributed by atoms with Gasteiger partial charge in [0, 0.05) is 32.7 Å². The Hall–Kier alpha value is -0.650. The number of rotatable bonds is 2. The molecule has 1 unspecified atom stereocenters. The van der Waals surface area contributed by atoms with Crippen molar-refractivity contribution in [3.8, 4) is 0 Å². The van der Waals surface area contributed by atoms with Gasteiger partial charge in [0.25, 0.3) is 0 Å². The lowest BCUT2D eigenvalue weighted by Gasteiger charge is -2.37. The minimum atomic E-state index is -0.235. The predicted molar refractivity (Wildman–Crippen MR) is 67.4 cm³/mol. The Labute approximate surface area is 103 Å².